The predicted molar refractivity (Wildman–Crippen MR) is 60.5 cm³/mol. The van der Waals surface area contributed by atoms with Crippen LogP contribution in [0.3, 0.4) is 0 Å². The molecule has 16 heavy (non-hydrogen) atoms. The number of nitrogens with two attached hydrogens (primary N) is 1. The molecule has 0 saturated carbocycles. The van der Waals surface area contributed by atoms with Gasteiger partial charge in [-0.25, -0.2) is 4.39 Å². The molecule has 1 heterocycles. The number of aryl methyl sites for hydroxylation is 1. The van der Waals surface area contributed by atoms with E-state index in [-0.39, 0.29) is 11.9 Å². The van der Waals surface area contributed by atoms with Crippen molar-refractivity contribution in [1.29, 1.82) is 0 Å². The van der Waals surface area contributed by atoms with Crippen LogP contribution in [0, 0.1) is 12.7 Å². The van der Waals surface area contributed by atoms with E-state index in [4.69, 9.17) is 10.2 Å². The third kappa shape index (κ3) is 2.31. The maximum absolute atomic E-state index is 13.1. The molecular formula is C13H14FNO. The Morgan fingerprint density at radius 3 is 2.88 bits per heavy atom. The topological polar surface area (TPSA) is 39.2 Å². The number of halogens is 1. The van der Waals surface area contributed by atoms with Crippen molar-refractivity contribution in [3.8, 4) is 0 Å². The molecular weight excluding hydrogens is 205 g/mol. The van der Waals surface area contributed by atoms with Gasteiger partial charge in [-0.2, -0.15) is 0 Å². The van der Waals surface area contributed by atoms with Crippen LogP contribution in [-0.2, 0) is 6.42 Å². The zero-order valence-corrected chi connectivity index (χ0v) is 9.11. The highest BCUT2D eigenvalue weighted by Crippen LogP contribution is 2.19. The Morgan fingerprint density at radius 2 is 2.19 bits per heavy atom. The van der Waals surface area contributed by atoms with Crippen molar-refractivity contribution in [1.82, 2.24) is 0 Å². The van der Waals surface area contributed by atoms with Crippen LogP contribution in [0.4, 0.5) is 4.39 Å². The number of hydrogen-bond acceptors (Lipinski definition) is 2. The second kappa shape index (κ2) is 4.49. The van der Waals surface area contributed by atoms with Gasteiger partial charge in [0.15, 0.2) is 0 Å². The Morgan fingerprint density at radius 1 is 1.38 bits per heavy atom. The van der Waals surface area contributed by atoms with E-state index < -0.39 is 0 Å². The van der Waals surface area contributed by atoms with Crippen LogP contribution in [0.25, 0.3) is 0 Å². The Labute approximate surface area is 93.9 Å². The summed E-state index contributed by atoms with van der Waals surface area (Å²) in [6.07, 6.45) is 3.83. The van der Waals surface area contributed by atoms with E-state index in [2.05, 4.69) is 0 Å². The first-order valence-corrected chi connectivity index (χ1v) is 5.19. The van der Waals surface area contributed by atoms with Crippen LogP contribution in [0.2, 0.25) is 0 Å². The molecule has 84 valence electrons. The largest absolute Gasteiger partial charge is 0.472 e. The maximum Gasteiger partial charge on any atom is 0.123 e. The van der Waals surface area contributed by atoms with Gasteiger partial charge in [0.2, 0.25) is 0 Å². The summed E-state index contributed by atoms with van der Waals surface area (Å²) in [6.45, 7) is 1.96. The SMILES string of the molecule is Cc1ccc(F)cc1CC(N)c1ccoc1. The lowest BCUT2D eigenvalue weighted by Gasteiger charge is -2.11. The lowest BCUT2D eigenvalue weighted by atomic mass is 9.98. The van der Waals surface area contributed by atoms with E-state index in [1.807, 2.05) is 13.0 Å². The Kier molecular flexibility index (Phi) is 3.06. The van der Waals surface area contributed by atoms with Crippen LogP contribution in [0.1, 0.15) is 22.7 Å². The summed E-state index contributed by atoms with van der Waals surface area (Å²) in [5.74, 6) is -0.222. The third-order valence-electron chi connectivity index (χ3n) is 2.72. The molecule has 1 aromatic heterocycles. The van der Waals surface area contributed by atoms with E-state index in [1.54, 1.807) is 18.6 Å². The third-order valence-corrected chi connectivity index (χ3v) is 2.72. The summed E-state index contributed by atoms with van der Waals surface area (Å²) >= 11 is 0. The molecule has 0 radical (unpaired) electrons. The van der Waals surface area contributed by atoms with Crippen LogP contribution < -0.4 is 5.73 Å². The highest BCUT2D eigenvalue weighted by atomic mass is 19.1. The number of hydrogen-bond donors (Lipinski definition) is 1. The second-order valence-corrected chi connectivity index (χ2v) is 3.94. The van der Waals surface area contributed by atoms with Gasteiger partial charge in [-0.05, 0) is 42.7 Å². The lowest BCUT2D eigenvalue weighted by molar-refractivity contribution is 0.558. The Hall–Kier alpha value is -1.61. The summed E-state index contributed by atoms with van der Waals surface area (Å²) in [5.41, 5.74) is 8.94. The van der Waals surface area contributed by atoms with Crippen LogP contribution in [-0.4, -0.2) is 0 Å². The molecule has 2 aromatic rings. The van der Waals surface area contributed by atoms with Crippen LogP contribution >= 0.6 is 0 Å². The first kappa shape index (κ1) is 10.9. The molecule has 3 heteroatoms. The number of benzene rings is 1. The molecule has 2 rings (SSSR count). The van der Waals surface area contributed by atoms with E-state index in [0.29, 0.717) is 6.42 Å². The minimum Gasteiger partial charge on any atom is -0.472 e. The molecule has 1 atom stereocenters. The standard InChI is InChI=1S/C13H14FNO/c1-9-2-3-12(14)6-11(9)7-13(15)10-4-5-16-8-10/h2-6,8,13H,7,15H2,1H3. The molecule has 1 aromatic carbocycles. The van der Waals surface area contributed by atoms with Crippen molar-refractivity contribution < 1.29 is 8.81 Å². The molecule has 0 saturated heterocycles. The molecule has 0 spiro atoms. The fraction of sp³-hybridized carbons (Fsp3) is 0.231. The van der Waals surface area contributed by atoms with Crippen molar-refractivity contribution in [2.75, 3.05) is 0 Å². The van der Waals surface area contributed by atoms with E-state index >= 15 is 0 Å². The highest BCUT2D eigenvalue weighted by molar-refractivity contribution is 5.28. The summed E-state index contributed by atoms with van der Waals surface area (Å²) in [7, 11) is 0. The zero-order valence-electron chi connectivity index (χ0n) is 9.11. The van der Waals surface area contributed by atoms with Crippen molar-refractivity contribution in [3.05, 3.63) is 59.3 Å². The van der Waals surface area contributed by atoms with Crippen molar-refractivity contribution in [3.63, 3.8) is 0 Å². The van der Waals surface area contributed by atoms with E-state index in [1.165, 1.54) is 12.1 Å². The van der Waals surface area contributed by atoms with Crippen molar-refractivity contribution in [2.24, 2.45) is 5.73 Å². The molecule has 0 bridgehead atoms. The second-order valence-electron chi connectivity index (χ2n) is 3.94. The first-order valence-electron chi connectivity index (χ1n) is 5.19. The van der Waals surface area contributed by atoms with Crippen LogP contribution in [0.5, 0.6) is 0 Å². The summed E-state index contributed by atoms with van der Waals surface area (Å²) in [4.78, 5) is 0. The zero-order chi connectivity index (χ0) is 11.5. The van der Waals surface area contributed by atoms with E-state index in [0.717, 1.165) is 16.7 Å². The normalized spacial score (nSPS) is 12.7. The van der Waals surface area contributed by atoms with Gasteiger partial charge < -0.3 is 10.2 Å². The summed E-state index contributed by atoms with van der Waals surface area (Å²) in [5, 5.41) is 0. The van der Waals surface area contributed by atoms with Gasteiger partial charge in [0.25, 0.3) is 0 Å². The quantitative estimate of drug-likeness (QED) is 0.861. The minimum atomic E-state index is -0.222. The molecule has 0 amide bonds. The molecule has 0 fully saturated rings. The predicted octanol–water partition coefficient (Wildman–Crippen LogP) is 2.97. The number of rotatable bonds is 3. The van der Waals surface area contributed by atoms with Gasteiger partial charge in [0, 0.05) is 11.6 Å². The van der Waals surface area contributed by atoms with Gasteiger partial charge in [0.05, 0.1) is 12.5 Å². The summed E-state index contributed by atoms with van der Waals surface area (Å²) in [6, 6.07) is 6.45. The molecule has 0 aliphatic rings. The van der Waals surface area contributed by atoms with Crippen LogP contribution in [0.15, 0.2) is 41.2 Å². The summed E-state index contributed by atoms with van der Waals surface area (Å²) < 4.78 is 18.1. The van der Waals surface area contributed by atoms with Gasteiger partial charge in [-0.3, -0.25) is 0 Å². The maximum atomic E-state index is 13.1. The molecule has 0 aliphatic heterocycles. The molecule has 1 unspecified atom stereocenters. The first-order chi connectivity index (χ1) is 7.66. The highest BCUT2D eigenvalue weighted by Gasteiger charge is 2.10. The smallest absolute Gasteiger partial charge is 0.123 e. The average molecular weight is 219 g/mol. The average Bonchev–Trinajstić information content (AvgIpc) is 2.76. The fourth-order valence-corrected chi connectivity index (χ4v) is 1.70. The van der Waals surface area contributed by atoms with Gasteiger partial charge in [0.1, 0.15) is 5.82 Å². The van der Waals surface area contributed by atoms with Crippen molar-refractivity contribution in [2.45, 2.75) is 19.4 Å². The van der Waals surface area contributed by atoms with Gasteiger partial charge in [-0.15, -0.1) is 0 Å². The van der Waals surface area contributed by atoms with Crippen molar-refractivity contribution >= 4 is 0 Å². The Balaban J connectivity index is 2.17. The lowest BCUT2D eigenvalue weighted by Crippen LogP contribution is -2.13. The van der Waals surface area contributed by atoms with E-state index in [9.17, 15) is 4.39 Å². The monoisotopic (exact) mass is 219 g/mol. The Bertz CT molecular complexity index is 465. The fourth-order valence-electron chi connectivity index (χ4n) is 1.70. The molecule has 2 nitrogen and oxygen atoms in total. The number of furan rings is 1. The molecule has 2 N–H and O–H groups in total. The molecule has 0 aliphatic carbocycles. The minimum absolute atomic E-state index is 0.153. The van der Waals surface area contributed by atoms with Gasteiger partial charge >= 0.3 is 0 Å². The van der Waals surface area contributed by atoms with Gasteiger partial charge in [-0.1, -0.05) is 6.07 Å².